The molecule has 0 saturated carbocycles. The minimum atomic E-state index is -0.281. The van der Waals surface area contributed by atoms with E-state index in [0.717, 1.165) is 0 Å². The van der Waals surface area contributed by atoms with Crippen LogP contribution in [0.2, 0.25) is 0 Å². The predicted molar refractivity (Wildman–Crippen MR) is 60.6 cm³/mol. The summed E-state index contributed by atoms with van der Waals surface area (Å²) in [7, 11) is 0. The van der Waals surface area contributed by atoms with Gasteiger partial charge in [-0.25, -0.2) is 0 Å². The van der Waals surface area contributed by atoms with E-state index in [9.17, 15) is 24.0 Å². The Bertz CT molecular complexity index is 501. The molecule has 1 aromatic carbocycles. The van der Waals surface area contributed by atoms with Gasteiger partial charge < -0.3 is 0 Å². The molecule has 90 valence electrons. The maximum atomic E-state index is 10.8. The molecule has 19 heavy (non-hydrogen) atoms. The molecule has 0 saturated heterocycles. The van der Waals surface area contributed by atoms with Crippen molar-refractivity contribution < 1.29 is 62.9 Å². The largest absolute Gasteiger partial charge is 0.298 e. The summed E-state index contributed by atoms with van der Waals surface area (Å²) in [4.78, 5) is 54.0. The van der Waals surface area contributed by atoms with Gasteiger partial charge in [-0.1, -0.05) is 0 Å². The number of carbonyl (C=O) groups is 5. The van der Waals surface area contributed by atoms with Crippen LogP contribution in [0.5, 0.6) is 0 Å². The summed E-state index contributed by atoms with van der Waals surface area (Å²) in [5, 5.41) is 0. The van der Waals surface area contributed by atoms with E-state index in [1.165, 1.54) is 0 Å². The minimum absolute atomic E-state index is 0. The number of aldehydes is 5. The van der Waals surface area contributed by atoms with E-state index in [1.54, 1.807) is 0 Å². The van der Waals surface area contributed by atoms with Crippen LogP contribution in [0, 0.1) is 0 Å². The van der Waals surface area contributed by atoms with Crippen LogP contribution < -0.4 is 0 Å². The summed E-state index contributed by atoms with van der Waals surface area (Å²) in [5.41, 5.74) is -1.13. The van der Waals surface area contributed by atoms with E-state index in [4.69, 9.17) is 0 Å². The summed E-state index contributed by atoms with van der Waals surface area (Å²) >= 11 is 3.91. The first kappa shape index (κ1) is 20.5. The normalized spacial score (nSPS) is 8.47. The van der Waals surface area contributed by atoms with Gasteiger partial charge in [-0.2, -0.15) is 0 Å². The van der Waals surface area contributed by atoms with Gasteiger partial charge in [0.15, 0.2) is 31.4 Å². The summed E-state index contributed by atoms with van der Waals surface area (Å²) < 4.78 is 0. The zero-order valence-electron chi connectivity index (χ0n) is 9.79. The molecular formula is C11H6O5SZn2. The van der Waals surface area contributed by atoms with Crippen molar-refractivity contribution in [3.8, 4) is 0 Å². The van der Waals surface area contributed by atoms with Crippen LogP contribution in [-0.2, 0) is 39.0 Å². The number of rotatable bonds is 5. The third-order valence-corrected chi connectivity index (χ3v) is 2.74. The van der Waals surface area contributed by atoms with Crippen LogP contribution in [0.25, 0.3) is 0 Å². The molecule has 0 aliphatic rings. The molecule has 0 radical (unpaired) electrons. The first-order valence-corrected chi connectivity index (χ1v) is 4.79. The van der Waals surface area contributed by atoms with Crippen molar-refractivity contribution in [3.05, 3.63) is 27.8 Å². The minimum Gasteiger partial charge on any atom is -0.298 e. The van der Waals surface area contributed by atoms with Gasteiger partial charge in [0.2, 0.25) is 0 Å². The molecule has 0 aliphatic carbocycles. The fourth-order valence-corrected chi connectivity index (χ4v) is 1.80. The van der Waals surface area contributed by atoms with Crippen molar-refractivity contribution in [2.45, 2.75) is 4.90 Å². The number of hydrogen-bond acceptors (Lipinski definition) is 6. The standard InChI is InChI=1S/C11H6O5S.2Zn/c12-1-6-7(2-13)9(4-15)11(17)10(5-16)8(6)3-14;;/h1-5,17H;;. The molecule has 0 amide bonds. The maximum Gasteiger partial charge on any atom is 0.151 e. The Labute approximate surface area is 139 Å². The van der Waals surface area contributed by atoms with Gasteiger partial charge in [-0.15, -0.1) is 12.6 Å². The number of hydrogen-bond donors (Lipinski definition) is 1. The van der Waals surface area contributed by atoms with Gasteiger partial charge in [-0.05, 0) is 0 Å². The Morgan fingerprint density at radius 1 is 0.526 bits per heavy atom. The number of benzene rings is 1. The summed E-state index contributed by atoms with van der Waals surface area (Å²) in [5.74, 6) is 0. The Hall–Kier alpha value is -0.833. The van der Waals surface area contributed by atoms with E-state index in [2.05, 4.69) is 12.6 Å². The quantitative estimate of drug-likeness (QED) is 0.468. The summed E-state index contributed by atoms with van der Waals surface area (Å²) in [6.07, 6.45) is 1.41. The molecular weight excluding hydrogens is 375 g/mol. The molecule has 0 N–H and O–H groups in total. The van der Waals surface area contributed by atoms with Gasteiger partial charge in [-0.3, -0.25) is 24.0 Å². The van der Waals surface area contributed by atoms with E-state index < -0.39 is 0 Å². The van der Waals surface area contributed by atoms with Crippen LogP contribution in [0.15, 0.2) is 4.90 Å². The second-order valence-electron chi connectivity index (χ2n) is 3.01. The van der Waals surface area contributed by atoms with E-state index in [1.807, 2.05) is 0 Å². The molecule has 1 aromatic rings. The van der Waals surface area contributed by atoms with Gasteiger partial charge in [0, 0.05) is 71.7 Å². The smallest absolute Gasteiger partial charge is 0.151 e. The molecule has 5 nitrogen and oxygen atoms in total. The van der Waals surface area contributed by atoms with Gasteiger partial charge in [0.05, 0.1) is 0 Å². The average Bonchev–Trinajstić information content (AvgIpc) is 2.36. The van der Waals surface area contributed by atoms with Gasteiger partial charge in [0.25, 0.3) is 0 Å². The van der Waals surface area contributed by atoms with Crippen molar-refractivity contribution in [1.29, 1.82) is 0 Å². The molecule has 0 spiro atoms. The Morgan fingerprint density at radius 2 is 0.737 bits per heavy atom. The first-order valence-electron chi connectivity index (χ1n) is 4.35. The summed E-state index contributed by atoms with van der Waals surface area (Å²) in [6.45, 7) is 0. The maximum absolute atomic E-state index is 10.8. The van der Waals surface area contributed by atoms with E-state index >= 15 is 0 Å². The number of thiol groups is 1. The molecule has 0 atom stereocenters. The molecule has 0 bridgehead atoms. The number of carbonyl (C=O) groups excluding carboxylic acids is 5. The topological polar surface area (TPSA) is 85.3 Å². The fraction of sp³-hybridized carbons (Fsp3) is 0. The molecule has 0 fully saturated rings. The SMILES string of the molecule is O=Cc1c(S)c(C=O)c(C=O)c(C=O)c1C=O.[Zn].[Zn]. The van der Waals surface area contributed by atoms with Crippen molar-refractivity contribution in [2.75, 3.05) is 0 Å². The molecule has 8 heteroatoms. The van der Waals surface area contributed by atoms with Crippen LogP contribution in [0.4, 0.5) is 0 Å². The van der Waals surface area contributed by atoms with Crippen molar-refractivity contribution in [3.63, 3.8) is 0 Å². The second kappa shape index (κ2) is 9.13. The monoisotopic (exact) mass is 378 g/mol. The average molecular weight is 381 g/mol. The van der Waals surface area contributed by atoms with E-state index in [-0.39, 0.29) is 90.5 Å². The molecule has 0 unspecified atom stereocenters. The van der Waals surface area contributed by atoms with Crippen LogP contribution in [0.1, 0.15) is 51.8 Å². The predicted octanol–water partition coefficient (Wildman–Crippen LogP) is 1.03. The van der Waals surface area contributed by atoms with Gasteiger partial charge in [0.1, 0.15) is 0 Å². The Balaban J connectivity index is 0. The molecule has 0 aromatic heterocycles. The van der Waals surface area contributed by atoms with Crippen LogP contribution in [-0.4, -0.2) is 31.4 Å². The van der Waals surface area contributed by atoms with Crippen LogP contribution in [0.3, 0.4) is 0 Å². The Morgan fingerprint density at radius 3 is 0.947 bits per heavy atom. The third kappa shape index (κ3) is 3.59. The van der Waals surface area contributed by atoms with Crippen molar-refractivity contribution >= 4 is 44.1 Å². The summed E-state index contributed by atoms with van der Waals surface area (Å²) in [6, 6.07) is 0. The van der Waals surface area contributed by atoms with Gasteiger partial charge >= 0.3 is 0 Å². The molecule has 0 aliphatic heterocycles. The van der Waals surface area contributed by atoms with Crippen LogP contribution >= 0.6 is 12.6 Å². The zero-order chi connectivity index (χ0) is 13.0. The first-order chi connectivity index (χ1) is 8.15. The second-order valence-corrected chi connectivity index (χ2v) is 3.45. The molecule has 1 rings (SSSR count). The fourth-order valence-electron chi connectivity index (χ4n) is 1.45. The third-order valence-electron chi connectivity index (χ3n) is 2.26. The van der Waals surface area contributed by atoms with Crippen molar-refractivity contribution in [1.82, 2.24) is 0 Å². The van der Waals surface area contributed by atoms with Crippen molar-refractivity contribution in [2.24, 2.45) is 0 Å². The zero-order valence-corrected chi connectivity index (χ0v) is 16.6. The van der Waals surface area contributed by atoms with E-state index in [0.29, 0.717) is 12.6 Å². The Kier molecular flexibility index (Phi) is 9.84. The molecule has 0 heterocycles.